The van der Waals surface area contributed by atoms with Gasteiger partial charge in [-0.3, -0.25) is 9.59 Å². The minimum Gasteiger partial charge on any atom is -0.351 e. The van der Waals surface area contributed by atoms with E-state index < -0.39 is 0 Å². The van der Waals surface area contributed by atoms with Gasteiger partial charge in [-0.25, -0.2) is 4.98 Å². The van der Waals surface area contributed by atoms with Crippen LogP contribution in [0.5, 0.6) is 0 Å². The fourth-order valence-electron chi connectivity index (χ4n) is 4.06. The van der Waals surface area contributed by atoms with Crippen LogP contribution in [0.15, 0.2) is 30.4 Å². The molecular weight excluding hydrogens is 444 g/mol. The number of amides is 2. The molecule has 1 aliphatic carbocycles. The fraction of sp³-hybridized carbons (Fsp3) is 0.542. The Morgan fingerprint density at radius 1 is 1.28 bits per heavy atom. The van der Waals surface area contributed by atoms with E-state index in [4.69, 9.17) is 11.6 Å². The van der Waals surface area contributed by atoms with E-state index in [0.29, 0.717) is 36.9 Å². The molecule has 32 heavy (non-hydrogen) atoms. The van der Waals surface area contributed by atoms with Crippen LogP contribution in [0.3, 0.4) is 0 Å². The van der Waals surface area contributed by atoms with Crippen molar-refractivity contribution in [1.29, 1.82) is 0 Å². The second-order valence-corrected chi connectivity index (χ2v) is 10.3. The molecule has 2 N–H and O–H groups in total. The van der Waals surface area contributed by atoms with Gasteiger partial charge in [0.25, 0.3) is 0 Å². The number of hydrogen-bond acceptors (Lipinski definition) is 5. The van der Waals surface area contributed by atoms with Crippen molar-refractivity contribution in [1.82, 2.24) is 20.5 Å². The Hall–Kier alpha value is -1.96. The largest absolute Gasteiger partial charge is 0.351 e. The summed E-state index contributed by atoms with van der Waals surface area (Å²) in [6, 6.07) is 5.61. The van der Waals surface area contributed by atoms with Crippen LogP contribution in [-0.4, -0.2) is 54.9 Å². The predicted octanol–water partition coefficient (Wildman–Crippen LogP) is 4.18. The minimum atomic E-state index is -0.116. The minimum absolute atomic E-state index is 0.00950. The quantitative estimate of drug-likeness (QED) is 0.504. The molecule has 2 aromatic rings. The Balaban J connectivity index is 1.53. The fourth-order valence-corrected chi connectivity index (χ4v) is 5.31. The lowest BCUT2D eigenvalue weighted by Crippen LogP contribution is -2.48. The molecule has 1 atom stereocenters. The average Bonchev–Trinajstić information content (AvgIpc) is 3.17. The Labute approximate surface area is 199 Å². The lowest BCUT2D eigenvalue weighted by atomic mass is 9.83. The van der Waals surface area contributed by atoms with Crippen molar-refractivity contribution in [3.63, 3.8) is 0 Å². The first-order valence-electron chi connectivity index (χ1n) is 11.3. The Morgan fingerprint density at radius 3 is 2.81 bits per heavy atom. The first-order chi connectivity index (χ1) is 15.4. The molecule has 1 aliphatic rings. The third-order valence-electron chi connectivity index (χ3n) is 5.76. The van der Waals surface area contributed by atoms with Crippen molar-refractivity contribution in [2.45, 2.75) is 51.0 Å². The highest BCUT2D eigenvalue weighted by molar-refractivity contribution is 7.18. The number of thiazole rings is 1. The first kappa shape index (κ1) is 24.7. The van der Waals surface area contributed by atoms with Crippen LogP contribution in [-0.2, 0) is 16.0 Å². The lowest BCUT2D eigenvalue weighted by Gasteiger charge is -2.31. The van der Waals surface area contributed by atoms with Gasteiger partial charge in [-0.15, -0.1) is 11.3 Å². The molecule has 1 aromatic carbocycles. The number of carbonyl (C=O) groups is 2. The van der Waals surface area contributed by atoms with E-state index in [1.807, 2.05) is 43.3 Å². The molecule has 0 saturated heterocycles. The number of hydrogen-bond donors (Lipinski definition) is 2. The molecule has 6 nitrogen and oxygen atoms in total. The molecule has 8 heteroatoms. The maximum absolute atomic E-state index is 12.7. The maximum atomic E-state index is 12.7. The maximum Gasteiger partial charge on any atom is 0.243 e. The smallest absolute Gasteiger partial charge is 0.243 e. The van der Waals surface area contributed by atoms with Crippen molar-refractivity contribution in [2.75, 3.05) is 27.2 Å². The number of likely N-dealkylation sites (N-methyl/N-ethyl adjacent to an activating group) is 1. The van der Waals surface area contributed by atoms with Gasteiger partial charge in [-0.1, -0.05) is 36.9 Å². The van der Waals surface area contributed by atoms with E-state index in [9.17, 15) is 9.59 Å². The summed E-state index contributed by atoms with van der Waals surface area (Å²) in [5.41, 5.74) is 0.917. The number of rotatable bonds is 10. The van der Waals surface area contributed by atoms with Crippen LogP contribution in [0.4, 0.5) is 0 Å². The highest BCUT2D eigenvalue weighted by atomic mass is 35.5. The third kappa shape index (κ3) is 7.87. The van der Waals surface area contributed by atoms with E-state index in [0.717, 1.165) is 28.1 Å². The van der Waals surface area contributed by atoms with Crippen LogP contribution < -0.4 is 10.6 Å². The number of benzene rings is 1. The highest BCUT2D eigenvalue weighted by Crippen LogP contribution is 2.27. The number of nitrogens with zero attached hydrogens (tertiary/aromatic N) is 2. The van der Waals surface area contributed by atoms with Gasteiger partial charge < -0.3 is 15.5 Å². The summed E-state index contributed by atoms with van der Waals surface area (Å²) in [6.07, 6.45) is 10.2. The Bertz CT molecular complexity index is 937. The van der Waals surface area contributed by atoms with Gasteiger partial charge in [0, 0.05) is 43.1 Å². The molecule has 0 aliphatic heterocycles. The summed E-state index contributed by atoms with van der Waals surface area (Å²) in [7, 11) is 3.92. The molecule has 1 heterocycles. The van der Waals surface area contributed by atoms with Crippen molar-refractivity contribution in [3.8, 4) is 0 Å². The van der Waals surface area contributed by atoms with Crippen molar-refractivity contribution >= 4 is 45.0 Å². The molecule has 0 spiro atoms. The summed E-state index contributed by atoms with van der Waals surface area (Å²) in [5.74, 6) is 0.300. The third-order valence-corrected chi connectivity index (χ3v) is 7.07. The van der Waals surface area contributed by atoms with Crippen molar-refractivity contribution < 1.29 is 9.59 Å². The van der Waals surface area contributed by atoms with Crippen LogP contribution >= 0.6 is 22.9 Å². The molecule has 174 valence electrons. The van der Waals surface area contributed by atoms with Gasteiger partial charge in [-0.2, -0.15) is 0 Å². The lowest BCUT2D eigenvalue weighted by molar-refractivity contribution is -0.123. The standard InChI is InChI=1S/C24H33ClN4O2S/c1-29(2)14-6-9-22(30)26-16-20(17-7-4-3-5-8-17)27-23(31)12-13-24-28-19-11-10-18(25)15-21(19)32-24/h6,9-11,15,17,20H,3-5,7-8,12-14,16H2,1-2H3,(H,26,30)(H,27,31)/b9-6+/t20-/m1/s1. The molecule has 1 fully saturated rings. The van der Waals surface area contributed by atoms with E-state index >= 15 is 0 Å². The Morgan fingerprint density at radius 2 is 2.06 bits per heavy atom. The molecule has 1 aromatic heterocycles. The molecule has 2 amide bonds. The van der Waals surface area contributed by atoms with Gasteiger partial charge >= 0.3 is 0 Å². The number of nitrogens with one attached hydrogen (secondary N) is 2. The molecule has 1 saturated carbocycles. The van der Waals surface area contributed by atoms with E-state index in [1.54, 1.807) is 17.4 Å². The van der Waals surface area contributed by atoms with Gasteiger partial charge in [0.1, 0.15) is 0 Å². The molecule has 0 radical (unpaired) electrons. The zero-order chi connectivity index (χ0) is 22.9. The van der Waals surface area contributed by atoms with Crippen LogP contribution in [0, 0.1) is 5.92 Å². The van der Waals surface area contributed by atoms with Gasteiger partial charge in [-0.05, 0) is 51.1 Å². The van der Waals surface area contributed by atoms with Crippen LogP contribution in [0.25, 0.3) is 10.2 Å². The zero-order valence-corrected chi connectivity index (χ0v) is 20.5. The average molecular weight is 477 g/mol. The normalized spacial score (nSPS) is 16.0. The first-order valence-corrected chi connectivity index (χ1v) is 12.5. The number of aryl methyl sites for hydroxylation is 1. The van der Waals surface area contributed by atoms with E-state index in [1.165, 1.54) is 19.3 Å². The van der Waals surface area contributed by atoms with E-state index in [2.05, 4.69) is 15.6 Å². The molecular formula is C24H33ClN4O2S. The monoisotopic (exact) mass is 476 g/mol. The Kier molecular flexibility index (Phi) is 9.51. The molecule has 3 rings (SSSR count). The number of fused-ring (bicyclic) bond motifs is 1. The zero-order valence-electron chi connectivity index (χ0n) is 18.9. The highest BCUT2D eigenvalue weighted by Gasteiger charge is 2.25. The van der Waals surface area contributed by atoms with Crippen LogP contribution in [0.2, 0.25) is 5.02 Å². The second kappa shape index (κ2) is 12.3. The number of carbonyl (C=O) groups excluding carboxylic acids is 2. The molecule has 0 unspecified atom stereocenters. The van der Waals surface area contributed by atoms with Crippen molar-refractivity contribution in [3.05, 3.63) is 40.4 Å². The summed E-state index contributed by atoms with van der Waals surface area (Å²) in [5, 5.41) is 7.80. The summed E-state index contributed by atoms with van der Waals surface area (Å²) in [6.45, 7) is 1.18. The summed E-state index contributed by atoms with van der Waals surface area (Å²) >= 11 is 7.64. The second-order valence-electron chi connectivity index (χ2n) is 8.70. The SMILES string of the molecule is CN(C)C/C=C/C(=O)NC[C@@H](NC(=O)CCc1nc2ccc(Cl)cc2s1)C1CCCCC1. The van der Waals surface area contributed by atoms with E-state index in [-0.39, 0.29) is 17.9 Å². The molecule has 0 bridgehead atoms. The van der Waals surface area contributed by atoms with Gasteiger partial charge in [0.2, 0.25) is 11.8 Å². The van der Waals surface area contributed by atoms with Gasteiger partial charge in [0.05, 0.1) is 15.2 Å². The number of aromatic nitrogens is 1. The number of halogens is 1. The summed E-state index contributed by atoms with van der Waals surface area (Å²) < 4.78 is 1.04. The van der Waals surface area contributed by atoms with Crippen molar-refractivity contribution in [2.24, 2.45) is 5.92 Å². The van der Waals surface area contributed by atoms with Gasteiger partial charge in [0.15, 0.2) is 0 Å². The summed E-state index contributed by atoms with van der Waals surface area (Å²) in [4.78, 5) is 31.5. The predicted molar refractivity (Wildman–Crippen MR) is 132 cm³/mol. The van der Waals surface area contributed by atoms with Crippen LogP contribution in [0.1, 0.15) is 43.5 Å². The topological polar surface area (TPSA) is 74.3 Å².